The lowest BCUT2D eigenvalue weighted by molar-refractivity contribution is 1.13. The van der Waals surface area contributed by atoms with E-state index in [0.717, 1.165) is 34.6 Å². The molecule has 1 aliphatic carbocycles. The van der Waals surface area contributed by atoms with E-state index in [4.69, 9.17) is 0 Å². The lowest BCUT2D eigenvalue weighted by Gasteiger charge is -2.25. The number of hydrogen-bond donors (Lipinski definition) is 0. The molecule has 11 rings (SSSR count). The van der Waals surface area contributed by atoms with Crippen LogP contribution in [0.15, 0.2) is 200 Å². The number of aromatic nitrogens is 3. The van der Waals surface area contributed by atoms with Crippen molar-refractivity contribution < 1.29 is 0 Å². The predicted octanol–water partition coefficient (Wildman–Crippen LogP) is 13.5. The molecule has 3 heterocycles. The van der Waals surface area contributed by atoms with Gasteiger partial charge >= 0.3 is 0 Å². The zero-order valence-electron chi connectivity index (χ0n) is 30.6. The summed E-state index contributed by atoms with van der Waals surface area (Å²) >= 11 is 0. The van der Waals surface area contributed by atoms with Crippen LogP contribution in [0.4, 0.5) is 0 Å². The van der Waals surface area contributed by atoms with Gasteiger partial charge in [0.15, 0.2) is 0 Å². The van der Waals surface area contributed by atoms with Crippen LogP contribution in [0.1, 0.15) is 11.1 Å². The highest BCUT2D eigenvalue weighted by atomic mass is 15.0. The first-order valence-corrected chi connectivity index (χ1v) is 19.2. The predicted molar refractivity (Wildman–Crippen MR) is 232 cm³/mol. The number of benzene rings is 7. The first kappa shape index (κ1) is 32.1. The van der Waals surface area contributed by atoms with E-state index in [0.29, 0.717) is 0 Å². The van der Waals surface area contributed by atoms with Crippen LogP contribution in [0.25, 0.3) is 94.5 Å². The van der Waals surface area contributed by atoms with Crippen LogP contribution in [0.5, 0.6) is 0 Å². The Labute approximate surface area is 325 Å². The van der Waals surface area contributed by atoms with Crippen molar-refractivity contribution in [3.8, 4) is 72.8 Å². The number of pyridine rings is 2. The summed E-state index contributed by atoms with van der Waals surface area (Å²) in [6, 6.07) is 68.2. The molecule has 0 unspecified atom stereocenters. The van der Waals surface area contributed by atoms with Gasteiger partial charge in [-0.2, -0.15) is 0 Å². The van der Waals surface area contributed by atoms with Crippen LogP contribution >= 0.6 is 0 Å². The highest BCUT2D eigenvalue weighted by Gasteiger charge is 2.29. The molecule has 0 N–H and O–H groups in total. The van der Waals surface area contributed by atoms with Crippen molar-refractivity contribution in [2.45, 2.75) is 6.42 Å². The topological polar surface area (TPSA) is 30.7 Å². The minimum Gasteiger partial charge on any atom is -0.309 e. The molecule has 7 aromatic carbocycles. The first-order valence-electron chi connectivity index (χ1n) is 19.2. The van der Waals surface area contributed by atoms with Gasteiger partial charge in [0.2, 0.25) is 0 Å². The maximum absolute atomic E-state index is 4.62. The number of hydrogen-bond acceptors (Lipinski definition) is 2. The van der Waals surface area contributed by atoms with Gasteiger partial charge in [-0.25, -0.2) is 0 Å². The molecule has 0 saturated carbocycles. The smallest absolute Gasteiger partial charge is 0.0701 e. The zero-order chi connectivity index (χ0) is 37.0. The molecule has 3 aromatic heterocycles. The third kappa shape index (κ3) is 5.20. The van der Waals surface area contributed by atoms with Gasteiger partial charge in [-0.1, -0.05) is 140 Å². The summed E-state index contributed by atoms with van der Waals surface area (Å²) in [6.45, 7) is 0. The molecule has 0 aliphatic heterocycles. The van der Waals surface area contributed by atoms with E-state index < -0.39 is 0 Å². The molecule has 0 amide bonds. The lowest BCUT2D eigenvalue weighted by Crippen LogP contribution is -2.03. The van der Waals surface area contributed by atoms with Crippen molar-refractivity contribution in [3.05, 3.63) is 212 Å². The summed E-state index contributed by atoms with van der Waals surface area (Å²) in [5.41, 5.74) is 19.0. The molecule has 3 heteroatoms. The quantitative estimate of drug-likeness (QED) is 0.178. The van der Waals surface area contributed by atoms with Crippen molar-refractivity contribution in [1.82, 2.24) is 14.5 Å². The van der Waals surface area contributed by atoms with Crippen molar-refractivity contribution in [1.29, 1.82) is 0 Å². The highest BCUT2D eigenvalue weighted by Crippen LogP contribution is 2.53. The Hall–Kier alpha value is -7.36. The Bertz CT molecular complexity index is 3070. The second kappa shape index (κ2) is 13.2. The molecule has 56 heavy (non-hydrogen) atoms. The molecule has 0 saturated heterocycles. The van der Waals surface area contributed by atoms with E-state index in [1.807, 2.05) is 36.7 Å². The van der Waals surface area contributed by atoms with Crippen LogP contribution in [0.2, 0.25) is 0 Å². The number of fused-ring (bicyclic) bond motifs is 12. The number of rotatable bonds is 5. The van der Waals surface area contributed by atoms with Crippen LogP contribution in [0, 0.1) is 0 Å². The molecule has 1 aliphatic rings. The standard InChI is InChI=1S/C53H35N3/c1-3-15-42-40(13-1)38(33-35-23-25-36(26-24-35)48-20-9-11-31-54-48)34-47-41-14-2-4-16-43(41)52-46-19-7-8-22-50(46)56(53(52)45-18-6-5-17-44(45)51(42)47)39-29-27-37(28-30-39)49-21-10-12-32-55-49/h1-32,34H,33H2. The van der Waals surface area contributed by atoms with Crippen molar-refractivity contribution in [2.75, 3.05) is 0 Å². The van der Waals surface area contributed by atoms with Gasteiger partial charge in [0, 0.05) is 45.7 Å². The molecule has 0 radical (unpaired) electrons. The molecule has 0 fully saturated rings. The molecule has 0 bridgehead atoms. The third-order valence-corrected chi connectivity index (χ3v) is 11.3. The Morgan fingerprint density at radius 1 is 0.393 bits per heavy atom. The van der Waals surface area contributed by atoms with Crippen molar-refractivity contribution in [3.63, 3.8) is 0 Å². The minimum absolute atomic E-state index is 0.819. The Balaban J connectivity index is 1.16. The van der Waals surface area contributed by atoms with Gasteiger partial charge in [-0.05, 0) is 105 Å². The number of nitrogens with zero attached hydrogens (tertiary/aromatic N) is 3. The van der Waals surface area contributed by atoms with Gasteiger partial charge in [-0.3, -0.25) is 9.97 Å². The molecule has 10 aromatic rings. The average molecular weight is 714 g/mol. The molecule has 0 spiro atoms. The summed E-state index contributed by atoms with van der Waals surface area (Å²) in [6.07, 6.45) is 4.52. The fourth-order valence-corrected chi connectivity index (χ4v) is 8.84. The van der Waals surface area contributed by atoms with Crippen LogP contribution < -0.4 is 0 Å². The molecule has 262 valence electrons. The van der Waals surface area contributed by atoms with Crippen LogP contribution in [0.3, 0.4) is 0 Å². The van der Waals surface area contributed by atoms with Gasteiger partial charge in [-0.15, -0.1) is 0 Å². The molecular formula is C53H35N3. The second-order valence-corrected chi connectivity index (χ2v) is 14.5. The summed E-state index contributed by atoms with van der Waals surface area (Å²) in [5.74, 6) is 0. The fourth-order valence-electron chi connectivity index (χ4n) is 8.84. The Kier molecular flexibility index (Phi) is 7.56. The van der Waals surface area contributed by atoms with Gasteiger partial charge in [0.05, 0.1) is 22.6 Å². The second-order valence-electron chi connectivity index (χ2n) is 14.5. The van der Waals surface area contributed by atoms with Crippen LogP contribution in [-0.2, 0) is 6.42 Å². The van der Waals surface area contributed by atoms with E-state index in [2.05, 4.69) is 178 Å². The Morgan fingerprint density at radius 2 is 0.929 bits per heavy atom. The monoisotopic (exact) mass is 713 g/mol. The maximum Gasteiger partial charge on any atom is 0.0701 e. The number of para-hydroxylation sites is 1. The summed E-state index contributed by atoms with van der Waals surface area (Å²) in [7, 11) is 0. The minimum atomic E-state index is 0.819. The summed E-state index contributed by atoms with van der Waals surface area (Å²) in [5, 5.41) is 3.77. The van der Waals surface area contributed by atoms with Gasteiger partial charge < -0.3 is 4.57 Å². The third-order valence-electron chi connectivity index (χ3n) is 11.3. The van der Waals surface area contributed by atoms with Gasteiger partial charge in [0.25, 0.3) is 0 Å². The Morgan fingerprint density at radius 3 is 1.59 bits per heavy atom. The summed E-state index contributed by atoms with van der Waals surface area (Å²) in [4.78, 5) is 9.19. The molecular weight excluding hydrogens is 679 g/mol. The van der Waals surface area contributed by atoms with E-state index in [1.165, 1.54) is 77.4 Å². The largest absolute Gasteiger partial charge is 0.309 e. The first-order chi connectivity index (χ1) is 27.8. The van der Waals surface area contributed by atoms with Crippen LogP contribution in [-0.4, -0.2) is 14.5 Å². The van der Waals surface area contributed by atoms with Crippen molar-refractivity contribution in [2.24, 2.45) is 0 Å². The summed E-state index contributed by atoms with van der Waals surface area (Å²) < 4.78 is 2.47. The van der Waals surface area contributed by atoms with E-state index in [9.17, 15) is 0 Å². The highest BCUT2D eigenvalue weighted by molar-refractivity contribution is 6.16. The SMILES string of the molecule is c1ccc(-c2ccc(Cc3cc4c(c5ccccc35)-c3ccccc3-c3c(c5ccccc5n3-c3ccc(-c5ccccn5)cc3)-c3ccccc3-4)cc2)nc1. The van der Waals surface area contributed by atoms with Crippen molar-refractivity contribution >= 4 is 21.7 Å². The van der Waals surface area contributed by atoms with E-state index >= 15 is 0 Å². The molecule has 3 nitrogen and oxygen atoms in total. The average Bonchev–Trinajstić information content (AvgIpc) is 3.61. The normalized spacial score (nSPS) is 11.6. The fraction of sp³-hybridized carbons (Fsp3) is 0.0189. The van der Waals surface area contributed by atoms with Gasteiger partial charge in [0.1, 0.15) is 0 Å². The zero-order valence-corrected chi connectivity index (χ0v) is 30.6. The van der Waals surface area contributed by atoms with E-state index in [-0.39, 0.29) is 0 Å². The lowest BCUT2D eigenvalue weighted by atomic mass is 9.79. The maximum atomic E-state index is 4.62. The molecule has 0 atom stereocenters. The van der Waals surface area contributed by atoms with E-state index in [1.54, 1.807) is 0 Å².